The van der Waals surface area contributed by atoms with E-state index in [0.717, 1.165) is 29.7 Å². The number of hydrogen-bond donors (Lipinski definition) is 3. The Morgan fingerprint density at radius 2 is 1.93 bits per heavy atom. The topological polar surface area (TPSA) is 83.1 Å². The second kappa shape index (κ2) is 8.99. The molecule has 1 aliphatic carbocycles. The van der Waals surface area contributed by atoms with Gasteiger partial charge in [0.05, 0.1) is 12.1 Å². The van der Waals surface area contributed by atoms with Gasteiger partial charge in [-0.2, -0.15) is 0 Å². The van der Waals surface area contributed by atoms with Crippen LogP contribution in [0.4, 0.5) is 15.6 Å². The van der Waals surface area contributed by atoms with Gasteiger partial charge in [-0.3, -0.25) is 10.1 Å². The highest BCUT2D eigenvalue weighted by Crippen LogP contribution is 2.20. The van der Waals surface area contributed by atoms with Gasteiger partial charge in [0.25, 0.3) is 0 Å². The summed E-state index contributed by atoms with van der Waals surface area (Å²) in [5, 5.41) is 11.0. The Balaban J connectivity index is 1.50. The fourth-order valence-corrected chi connectivity index (χ4v) is 3.96. The Labute approximate surface area is 163 Å². The van der Waals surface area contributed by atoms with Crippen LogP contribution in [0.15, 0.2) is 23.6 Å². The third-order valence-corrected chi connectivity index (χ3v) is 5.74. The summed E-state index contributed by atoms with van der Waals surface area (Å²) in [6.07, 6.45) is 5.84. The molecule has 1 heterocycles. The van der Waals surface area contributed by atoms with E-state index in [-0.39, 0.29) is 24.4 Å². The first kappa shape index (κ1) is 19.4. The van der Waals surface area contributed by atoms with E-state index >= 15 is 0 Å². The van der Waals surface area contributed by atoms with Crippen LogP contribution in [0.5, 0.6) is 0 Å². The van der Waals surface area contributed by atoms with Crippen LogP contribution in [0.1, 0.15) is 48.9 Å². The van der Waals surface area contributed by atoms with E-state index in [9.17, 15) is 9.59 Å². The highest BCUT2D eigenvalue weighted by Gasteiger charge is 2.16. The number of benzene rings is 1. The van der Waals surface area contributed by atoms with Crippen molar-refractivity contribution in [2.45, 2.75) is 58.4 Å². The SMILES string of the molecule is Cc1cccc(NC(=O)Cc2csc(NC(=O)NC3CCCCC3)n2)c1C. The molecule has 0 unspecified atom stereocenters. The minimum Gasteiger partial charge on any atom is -0.335 e. The number of hydrogen-bond acceptors (Lipinski definition) is 4. The molecule has 0 bridgehead atoms. The predicted octanol–water partition coefficient (Wildman–Crippen LogP) is 4.40. The standard InChI is InChI=1S/C20H26N4O2S/c1-13-7-6-10-17(14(13)2)23-18(25)11-16-12-27-20(22-16)24-19(26)21-15-8-4-3-5-9-15/h6-7,10,12,15H,3-5,8-9,11H2,1-2H3,(H,23,25)(H2,21,22,24,26). The summed E-state index contributed by atoms with van der Waals surface area (Å²) in [4.78, 5) is 28.7. The van der Waals surface area contributed by atoms with Crippen LogP contribution in [0.2, 0.25) is 0 Å². The van der Waals surface area contributed by atoms with E-state index < -0.39 is 0 Å². The van der Waals surface area contributed by atoms with Crippen LogP contribution in [-0.2, 0) is 11.2 Å². The Bertz CT molecular complexity index is 812. The van der Waals surface area contributed by atoms with Crippen molar-refractivity contribution in [2.75, 3.05) is 10.6 Å². The molecule has 0 saturated heterocycles. The van der Waals surface area contributed by atoms with E-state index in [0.29, 0.717) is 10.8 Å². The molecule has 3 N–H and O–H groups in total. The number of anilines is 2. The first-order chi connectivity index (χ1) is 13.0. The second-order valence-corrected chi connectivity index (χ2v) is 7.91. The molecule has 3 amide bonds. The Kier molecular flexibility index (Phi) is 6.45. The van der Waals surface area contributed by atoms with Crippen molar-refractivity contribution in [2.24, 2.45) is 0 Å². The molecule has 1 fully saturated rings. The van der Waals surface area contributed by atoms with Crippen molar-refractivity contribution in [1.82, 2.24) is 10.3 Å². The zero-order valence-electron chi connectivity index (χ0n) is 15.8. The highest BCUT2D eigenvalue weighted by molar-refractivity contribution is 7.13. The van der Waals surface area contributed by atoms with Crippen LogP contribution < -0.4 is 16.0 Å². The monoisotopic (exact) mass is 386 g/mol. The van der Waals surface area contributed by atoms with Crippen LogP contribution in [-0.4, -0.2) is 23.0 Å². The van der Waals surface area contributed by atoms with Crippen molar-refractivity contribution in [3.63, 3.8) is 0 Å². The lowest BCUT2D eigenvalue weighted by Crippen LogP contribution is -2.39. The quantitative estimate of drug-likeness (QED) is 0.712. The average Bonchev–Trinajstić information content (AvgIpc) is 3.06. The molecule has 27 heavy (non-hydrogen) atoms. The fraction of sp³-hybridized carbons (Fsp3) is 0.450. The van der Waals surface area contributed by atoms with Crippen LogP contribution in [0.25, 0.3) is 0 Å². The number of amides is 3. The Morgan fingerprint density at radius 1 is 1.15 bits per heavy atom. The summed E-state index contributed by atoms with van der Waals surface area (Å²) in [6.45, 7) is 4.00. The van der Waals surface area contributed by atoms with Gasteiger partial charge < -0.3 is 10.6 Å². The van der Waals surface area contributed by atoms with E-state index in [4.69, 9.17) is 0 Å². The number of nitrogens with zero attached hydrogens (tertiary/aromatic N) is 1. The van der Waals surface area contributed by atoms with E-state index in [1.54, 1.807) is 5.38 Å². The lowest BCUT2D eigenvalue weighted by molar-refractivity contribution is -0.115. The molecule has 0 radical (unpaired) electrons. The van der Waals surface area contributed by atoms with Gasteiger partial charge in [-0.25, -0.2) is 9.78 Å². The normalized spacial score (nSPS) is 14.6. The second-order valence-electron chi connectivity index (χ2n) is 7.05. The van der Waals surface area contributed by atoms with Crippen molar-refractivity contribution in [3.05, 3.63) is 40.4 Å². The molecule has 1 aliphatic rings. The molecule has 2 aromatic rings. The molecular weight excluding hydrogens is 360 g/mol. The molecule has 3 rings (SSSR count). The molecule has 1 aromatic carbocycles. The van der Waals surface area contributed by atoms with Gasteiger partial charge >= 0.3 is 6.03 Å². The summed E-state index contributed by atoms with van der Waals surface area (Å²) in [6, 6.07) is 5.86. The lowest BCUT2D eigenvalue weighted by atomic mass is 9.96. The van der Waals surface area contributed by atoms with Gasteiger partial charge in [0.1, 0.15) is 0 Å². The summed E-state index contributed by atoms with van der Waals surface area (Å²) in [5.74, 6) is -0.118. The Morgan fingerprint density at radius 3 is 2.70 bits per heavy atom. The van der Waals surface area contributed by atoms with Crippen LogP contribution >= 0.6 is 11.3 Å². The molecule has 7 heteroatoms. The van der Waals surface area contributed by atoms with E-state index in [1.165, 1.54) is 30.6 Å². The number of aryl methyl sites for hydroxylation is 1. The number of urea groups is 1. The number of nitrogens with one attached hydrogen (secondary N) is 3. The maximum atomic E-state index is 12.3. The van der Waals surface area contributed by atoms with E-state index in [2.05, 4.69) is 20.9 Å². The molecular formula is C20H26N4O2S. The number of carbonyl (C=O) groups excluding carboxylic acids is 2. The summed E-state index contributed by atoms with van der Waals surface area (Å²) < 4.78 is 0. The summed E-state index contributed by atoms with van der Waals surface area (Å²) in [7, 11) is 0. The third kappa shape index (κ3) is 5.53. The van der Waals surface area contributed by atoms with Gasteiger partial charge in [0, 0.05) is 17.1 Å². The fourth-order valence-electron chi connectivity index (χ4n) is 3.26. The molecule has 1 saturated carbocycles. The zero-order valence-corrected chi connectivity index (χ0v) is 16.6. The van der Waals surface area contributed by atoms with Gasteiger partial charge in [-0.15, -0.1) is 11.3 Å². The predicted molar refractivity (Wildman–Crippen MR) is 109 cm³/mol. The summed E-state index contributed by atoms with van der Waals surface area (Å²) in [5.41, 5.74) is 3.67. The maximum Gasteiger partial charge on any atom is 0.321 e. The van der Waals surface area contributed by atoms with Crippen LogP contribution in [0.3, 0.4) is 0 Å². The zero-order chi connectivity index (χ0) is 19.2. The van der Waals surface area contributed by atoms with Crippen molar-refractivity contribution >= 4 is 34.1 Å². The molecule has 6 nitrogen and oxygen atoms in total. The van der Waals surface area contributed by atoms with Crippen molar-refractivity contribution in [1.29, 1.82) is 0 Å². The minimum absolute atomic E-state index is 0.118. The number of rotatable bonds is 5. The average molecular weight is 387 g/mol. The number of carbonyl (C=O) groups is 2. The molecule has 144 valence electrons. The van der Waals surface area contributed by atoms with Gasteiger partial charge in [-0.1, -0.05) is 31.4 Å². The molecule has 1 aromatic heterocycles. The molecule has 0 aliphatic heterocycles. The Hall–Kier alpha value is -2.41. The third-order valence-electron chi connectivity index (χ3n) is 4.93. The van der Waals surface area contributed by atoms with Gasteiger partial charge in [0.2, 0.25) is 5.91 Å². The van der Waals surface area contributed by atoms with Crippen molar-refractivity contribution < 1.29 is 9.59 Å². The number of thiazole rings is 1. The molecule has 0 atom stereocenters. The maximum absolute atomic E-state index is 12.3. The first-order valence-electron chi connectivity index (χ1n) is 9.39. The largest absolute Gasteiger partial charge is 0.335 e. The van der Waals surface area contributed by atoms with Crippen molar-refractivity contribution in [3.8, 4) is 0 Å². The lowest BCUT2D eigenvalue weighted by Gasteiger charge is -2.22. The summed E-state index contributed by atoms with van der Waals surface area (Å²) >= 11 is 1.33. The smallest absolute Gasteiger partial charge is 0.321 e. The number of aromatic nitrogens is 1. The van der Waals surface area contributed by atoms with Gasteiger partial charge in [-0.05, 0) is 43.9 Å². The van der Waals surface area contributed by atoms with Gasteiger partial charge in [0.15, 0.2) is 5.13 Å². The molecule has 0 spiro atoms. The highest BCUT2D eigenvalue weighted by atomic mass is 32.1. The minimum atomic E-state index is -0.220. The van der Waals surface area contributed by atoms with E-state index in [1.807, 2.05) is 32.0 Å². The first-order valence-corrected chi connectivity index (χ1v) is 10.3. The van der Waals surface area contributed by atoms with Crippen LogP contribution in [0, 0.1) is 13.8 Å².